The van der Waals surface area contributed by atoms with Crippen molar-refractivity contribution in [3.05, 3.63) is 59.2 Å². The Morgan fingerprint density at radius 3 is 2.32 bits per heavy atom. The minimum Gasteiger partial charge on any atom is -0.497 e. The molecule has 0 aromatic heterocycles. The van der Waals surface area contributed by atoms with Crippen LogP contribution in [0.1, 0.15) is 16.7 Å². The summed E-state index contributed by atoms with van der Waals surface area (Å²) >= 11 is 0. The maximum absolute atomic E-state index is 6.08. The van der Waals surface area contributed by atoms with E-state index >= 15 is 0 Å². The fourth-order valence-corrected chi connectivity index (χ4v) is 4.18. The van der Waals surface area contributed by atoms with E-state index in [1.165, 1.54) is 16.8 Å². The van der Waals surface area contributed by atoms with Gasteiger partial charge in [-0.15, -0.1) is 0 Å². The van der Waals surface area contributed by atoms with Crippen molar-refractivity contribution in [3.63, 3.8) is 0 Å². The lowest BCUT2D eigenvalue weighted by atomic mass is 9.95. The molecule has 2 heterocycles. The molecule has 1 saturated heterocycles. The number of methoxy groups -OCH3 is 1. The molecule has 1 fully saturated rings. The second-order valence-electron chi connectivity index (χ2n) is 8.20. The maximum Gasteiger partial charge on any atom is 0.198 e. The van der Waals surface area contributed by atoms with Crippen molar-refractivity contribution in [1.29, 1.82) is 0 Å². The lowest BCUT2D eigenvalue weighted by Gasteiger charge is -2.40. The second-order valence-corrected chi connectivity index (χ2v) is 8.20. The molecule has 31 heavy (non-hydrogen) atoms. The Balaban J connectivity index is 1.55. The quantitative estimate of drug-likeness (QED) is 0.676. The van der Waals surface area contributed by atoms with Gasteiger partial charge in [0, 0.05) is 50.0 Å². The van der Waals surface area contributed by atoms with Crippen LogP contribution in [0.25, 0.3) is 0 Å². The molecule has 164 valence electrons. The molecular weight excluding hydrogens is 390 g/mol. The number of hydrogen-bond donors (Lipinski definition) is 3. The number of benzene rings is 2. The van der Waals surface area contributed by atoms with Crippen LogP contribution < -0.4 is 26.4 Å². The third-order valence-corrected chi connectivity index (χ3v) is 6.07. The first kappa shape index (κ1) is 21.0. The lowest BCUT2D eigenvalue weighted by molar-refractivity contribution is 0.201. The third-order valence-electron chi connectivity index (χ3n) is 6.07. The molecule has 8 heteroatoms. The predicted octanol–water partition coefficient (Wildman–Crippen LogP) is 1.52. The van der Waals surface area contributed by atoms with E-state index in [1.54, 1.807) is 7.11 Å². The van der Waals surface area contributed by atoms with Crippen molar-refractivity contribution < 1.29 is 4.74 Å². The average Bonchev–Trinajstić information content (AvgIpc) is 2.75. The zero-order valence-corrected chi connectivity index (χ0v) is 18.4. The summed E-state index contributed by atoms with van der Waals surface area (Å²) in [6.07, 6.45) is 0. The van der Waals surface area contributed by atoms with Crippen molar-refractivity contribution in [3.8, 4) is 5.75 Å². The van der Waals surface area contributed by atoms with Gasteiger partial charge in [-0.25, -0.2) is 9.98 Å². The first-order chi connectivity index (χ1) is 14.9. The van der Waals surface area contributed by atoms with Crippen molar-refractivity contribution in [2.24, 2.45) is 21.5 Å². The molecule has 0 spiro atoms. The molecule has 0 aliphatic carbocycles. The SMILES string of the molecule is COc1cccc(N2CCN(CC3(c4ccc(C)c(C)c4)N=C(N)NC(N)=N3)CC2)c1. The van der Waals surface area contributed by atoms with Gasteiger partial charge in [-0.2, -0.15) is 0 Å². The number of nitrogens with one attached hydrogen (secondary N) is 1. The van der Waals surface area contributed by atoms with Gasteiger partial charge in [0.2, 0.25) is 0 Å². The Morgan fingerprint density at radius 1 is 0.968 bits per heavy atom. The van der Waals surface area contributed by atoms with E-state index in [0.717, 1.165) is 37.5 Å². The Labute approximate surface area is 183 Å². The minimum atomic E-state index is -0.851. The van der Waals surface area contributed by atoms with E-state index in [2.05, 4.69) is 59.3 Å². The second kappa shape index (κ2) is 8.47. The number of nitrogens with zero attached hydrogens (tertiary/aromatic N) is 4. The Hall–Kier alpha value is -3.26. The highest BCUT2D eigenvalue weighted by Crippen LogP contribution is 2.32. The molecule has 0 unspecified atom stereocenters. The lowest BCUT2D eigenvalue weighted by Crippen LogP contribution is -2.54. The summed E-state index contributed by atoms with van der Waals surface area (Å²) in [6.45, 7) is 8.41. The Kier molecular flexibility index (Phi) is 5.73. The number of ether oxygens (including phenoxy) is 1. The number of anilines is 1. The van der Waals surface area contributed by atoms with Crippen molar-refractivity contribution in [1.82, 2.24) is 10.2 Å². The molecule has 5 N–H and O–H groups in total. The van der Waals surface area contributed by atoms with E-state index in [9.17, 15) is 0 Å². The summed E-state index contributed by atoms with van der Waals surface area (Å²) in [5, 5.41) is 2.82. The highest BCUT2D eigenvalue weighted by atomic mass is 16.5. The number of aryl methyl sites for hydroxylation is 2. The average molecular weight is 422 g/mol. The van der Waals surface area contributed by atoms with Crippen LogP contribution in [0.5, 0.6) is 5.75 Å². The number of rotatable bonds is 5. The van der Waals surface area contributed by atoms with Crippen molar-refractivity contribution >= 4 is 17.6 Å². The summed E-state index contributed by atoms with van der Waals surface area (Å²) in [5.41, 5.74) is 15.9. The zero-order valence-electron chi connectivity index (χ0n) is 18.4. The van der Waals surface area contributed by atoms with Crippen LogP contribution in [0.15, 0.2) is 52.4 Å². The molecule has 0 saturated carbocycles. The van der Waals surface area contributed by atoms with Gasteiger partial charge in [-0.05, 0) is 37.1 Å². The van der Waals surface area contributed by atoms with Crippen LogP contribution in [0, 0.1) is 13.8 Å². The molecule has 2 aromatic carbocycles. The van der Waals surface area contributed by atoms with Crippen LogP contribution in [-0.2, 0) is 5.66 Å². The third kappa shape index (κ3) is 4.44. The standard InChI is InChI=1S/C23H31N7O/c1-16-7-8-18(13-17(16)2)23(27-21(24)26-22(25)28-23)15-29-9-11-30(12-10-29)19-5-4-6-20(14-19)31-3/h4-8,13-14H,9-12,15H2,1-3H3,(H5,24,25,26,27,28). The summed E-state index contributed by atoms with van der Waals surface area (Å²) < 4.78 is 5.37. The number of guanidine groups is 2. The number of nitrogens with two attached hydrogens (primary N) is 2. The first-order valence-electron chi connectivity index (χ1n) is 10.6. The largest absolute Gasteiger partial charge is 0.497 e. The van der Waals surface area contributed by atoms with Crippen LogP contribution >= 0.6 is 0 Å². The fraction of sp³-hybridized carbons (Fsp3) is 0.391. The molecule has 8 nitrogen and oxygen atoms in total. The van der Waals surface area contributed by atoms with Gasteiger partial charge < -0.3 is 21.1 Å². The number of piperazine rings is 1. The van der Waals surface area contributed by atoms with E-state index < -0.39 is 5.66 Å². The van der Waals surface area contributed by atoms with Gasteiger partial charge >= 0.3 is 0 Å². The van der Waals surface area contributed by atoms with Crippen LogP contribution in [0.3, 0.4) is 0 Å². The van der Waals surface area contributed by atoms with Gasteiger partial charge in [0.25, 0.3) is 0 Å². The normalized spacial score (nSPS) is 18.7. The van der Waals surface area contributed by atoms with Crippen LogP contribution in [0.4, 0.5) is 5.69 Å². The van der Waals surface area contributed by atoms with Gasteiger partial charge in [0.1, 0.15) is 5.75 Å². The summed E-state index contributed by atoms with van der Waals surface area (Å²) in [7, 11) is 1.70. The monoisotopic (exact) mass is 421 g/mol. The Bertz CT molecular complexity index is 991. The van der Waals surface area contributed by atoms with Crippen LogP contribution in [-0.4, -0.2) is 56.7 Å². The smallest absolute Gasteiger partial charge is 0.198 e. The molecular formula is C23H31N7O. The maximum atomic E-state index is 6.08. The van der Waals surface area contributed by atoms with Gasteiger partial charge in [-0.1, -0.05) is 24.3 Å². The molecule has 2 aliphatic rings. The topological polar surface area (TPSA) is 104 Å². The van der Waals surface area contributed by atoms with Crippen LogP contribution in [0.2, 0.25) is 0 Å². The number of aliphatic imine (C=N–C) groups is 2. The molecule has 2 aliphatic heterocycles. The highest BCUT2D eigenvalue weighted by Gasteiger charge is 2.38. The highest BCUT2D eigenvalue weighted by molar-refractivity contribution is 5.99. The van der Waals surface area contributed by atoms with Gasteiger partial charge in [-0.3, -0.25) is 10.2 Å². The zero-order chi connectivity index (χ0) is 22.0. The van der Waals surface area contributed by atoms with E-state index in [4.69, 9.17) is 26.2 Å². The predicted molar refractivity (Wildman–Crippen MR) is 126 cm³/mol. The van der Waals surface area contributed by atoms with E-state index in [0.29, 0.717) is 18.5 Å². The summed E-state index contributed by atoms with van der Waals surface area (Å²) in [4.78, 5) is 14.2. The van der Waals surface area contributed by atoms with Gasteiger partial charge in [0.05, 0.1) is 7.11 Å². The molecule has 0 radical (unpaired) electrons. The minimum absolute atomic E-state index is 0.292. The fourth-order valence-electron chi connectivity index (χ4n) is 4.18. The molecule has 2 aromatic rings. The summed E-state index contributed by atoms with van der Waals surface area (Å²) in [5.74, 6) is 1.46. The van der Waals surface area contributed by atoms with E-state index in [1.807, 2.05) is 12.1 Å². The van der Waals surface area contributed by atoms with Gasteiger partial charge in [0.15, 0.2) is 17.6 Å². The number of hydrogen-bond acceptors (Lipinski definition) is 8. The van der Waals surface area contributed by atoms with Crippen molar-refractivity contribution in [2.45, 2.75) is 19.5 Å². The first-order valence-corrected chi connectivity index (χ1v) is 10.6. The van der Waals surface area contributed by atoms with E-state index in [-0.39, 0.29) is 0 Å². The molecule has 0 amide bonds. The van der Waals surface area contributed by atoms with Crippen molar-refractivity contribution in [2.75, 3.05) is 44.7 Å². The molecule has 4 rings (SSSR count). The summed E-state index contributed by atoms with van der Waals surface area (Å²) in [6, 6.07) is 14.5. The Morgan fingerprint density at radius 2 is 1.68 bits per heavy atom. The molecule has 0 atom stereocenters. The molecule has 0 bridgehead atoms.